The van der Waals surface area contributed by atoms with E-state index in [1.807, 2.05) is 27.7 Å². The molecule has 0 saturated carbocycles. The van der Waals surface area contributed by atoms with E-state index in [0.29, 0.717) is 0 Å². The Morgan fingerprint density at radius 1 is 0.500 bits per heavy atom. The van der Waals surface area contributed by atoms with Crippen molar-refractivity contribution in [2.75, 3.05) is 0 Å². The number of rotatable bonds is 0. The van der Waals surface area contributed by atoms with Gasteiger partial charge in [-0.05, 0) is 80.3 Å². The van der Waals surface area contributed by atoms with E-state index in [0.717, 1.165) is 12.8 Å². The molecule has 0 aliphatic heterocycles. The van der Waals surface area contributed by atoms with Crippen LogP contribution in [0.25, 0.3) is 33.0 Å². The van der Waals surface area contributed by atoms with Gasteiger partial charge in [-0.15, -0.1) is 0 Å². The van der Waals surface area contributed by atoms with Crippen LogP contribution in [0.3, 0.4) is 0 Å². The van der Waals surface area contributed by atoms with Crippen LogP contribution in [-0.4, -0.2) is 0 Å². The second kappa shape index (κ2) is 7.64. The highest BCUT2D eigenvalue weighted by atomic mass is 14.3. The summed E-state index contributed by atoms with van der Waals surface area (Å²) in [5, 5.41) is 2.76. The maximum absolute atomic E-state index is 2.45. The minimum atomic E-state index is 1.06. The van der Waals surface area contributed by atoms with Crippen LogP contribution in [-0.2, 0) is 12.8 Å². The Balaban J connectivity index is 0.000000454. The van der Waals surface area contributed by atoms with Crippen LogP contribution in [0.2, 0.25) is 0 Å². The molecule has 0 unspecified atom stereocenters. The first-order valence-electron chi connectivity index (χ1n) is 10.6. The van der Waals surface area contributed by atoms with Gasteiger partial charge in [0.2, 0.25) is 0 Å². The number of fused-ring (bicyclic) bond motifs is 8. The standard InChI is InChI=1S/C24H16.2C2H6/c1-3-7-19-15(5-1)9-10-21-23-12-17-11-16-6-2-4-8-20(16)22(17)13-18(23)14-24(19)21;2*1-2/h1-10,12-13H,11,14H2;2*1-2H3. The average molecular weight is 365 g/mol. The molecule has 4 aromatic carbocycles. The maximum Gasteiger partial charge on any atom is -0.000706 e. The highest BCUT2D eigenvalue weighted by Gasteiger charge is 2.25. The van der Waals surface area contributed by atoms with Crippen molar-refractivity contribution >= 4 is 10.8 Å². The smallest absolute Gasteiger partial charge is 0.000706 e. The van der Waals surface area contributed by atoms with Crippen LogP contribution in [0, 0.1) is 0 Å². The van der Waals surface area contributed by atoms with Gasteiger partial charge in [0, 0.05) is 0 Å². The molecule has 2 aliphatic carbocycles. The van der Waals surface area contributed by atoms with Crippen LogP contribution in [0.4, 0.5) is 0 Å². The first-order valence-corrected chi connectivity index (χ1v) is 10.6. The highest BCUT2D eigenvalue weighted by Crippen LogP contribution is 2.46. The lowest BCUT2D eigenvalue weighted by molar-refractivity contribution is 1.25. The van der Waals surface area contributed by atoms with E-state index < -0.39 is 0 Å². The molecule has 0 fully saturated rings. The minimum absolute atomic E-state index is 1.06. The van der Waals surface area contributed by atoms with Crippen molar-refractivity contribution in [3.8, 4) is 22.3 Å². The Bertz CT molecular complexity index is 1150. The van der Waals surface area contributed by atoms with Gasteiger partial charge in [0.15, 0.2) is 0 Å². The Hall–Kier alpha value is -2.86. The molecule has 140 valence electrons. The predicted octanol–water partition coefficient (Wildman–Crippen LogP) is 8.03. The molecule has 0 spiro atoms. The lowest BCUT2D eigenvalue weighted by Gasteiger charge is -2.07. The Morgan fingerprint density at radius 2 is 1.14 bits per heavy atom. The highest BCUT2D eigenvalue weighted by molar-refractivity contribution is 5.96. The van der Waals surface area contributed by atoms with Gasteiger partial charge < -0.3 is 0 Å². The zero-order valence-corrected chi connectivity index (χ0v) is 17.3. The van der Waals surface area contributed by atoms with Gasteiger partial charge in [-0.3, -0.25) is 0 Å². The van der Waals surface area contributed by atoms with Crippen molar-refractivity contribution in [2.24, 2.45) is 0 Å². The number of benzene rings is 4. The summed E-state index contributed by atoms with van der Waals surface area (Å²) in [7, 11) is 0. The fraction of sp³-hybridized carbons (Fsp3) is 0.214. The molecular weight excluding hydrogens is 336 g/mol. The van der Waals surface area contributed by atoms with Gasteiger partial charge in [0.1, 0.15) is 0 Å². The van der Waals surface area contributed by atoms with E-state index in [9.17, 15) is 0 Å². The molecule has 0 saturated heterocycles. The normalized spacial score (nSPS) is 12.0. The van der Waals surface area contributed by atoms with E-state index in [2.05, 4.69) is 72.8 Å². The van der Waals surface area contributed by atoms with Gasteiger partial charge in [0.05, 0.1) is 0 Å². The minimum Gasteiger partial charge on any atom is -0.0683 e. The van der Waals surface area contributed by atoms with Crippen molar-refractivity contribution in [1.82, 2.24) is 0 Å². The Labute approximate surface area is 168 Å². The third-order valence-electron chi connectivity index (χ3n) is 5.72. The molecule has 6 rings (SSSR count). The summed E-state index contributed by atoms with van der Waals surface area (Å²) in [4.78, 5) is 0. The van der Waals surface area contributed by atoms with Crippen molar-refractivity contribution in [1.29, 1.82) is 0 Å². The maximum atomic E-state index is 2.45. The first-order chi connectivity index (χ1) is 13.9. The predicted molar refractivity (Wildman–Crippen MR) is 123 cm³/mol. The first kappa shape index (κ1) is 18.5. The molecule has 0 nitrogen and oxygen atoms in total. The van der Waals surface area contributed by atoms with Gasteiger partial charge in [-0.1, -0.05) is 88.4 Å². The molecule has 0 aromatic heterocycles. The fourth-order valence-corrected chi connectivity index (χ4v) is 4.59. The van der Waals surface area contributed by atoms with E-state index in [1.54, 1.807) is 0 Å². The van der Waals surface area contributed by atoms with Crippen LogP contribution in [0.1, 0.15) is 49.9 Å². The Morgan fingerprint density at radius 3 is 1.96 bits per heavy atom. The summed E-state index contributed by atoms with van der Waals surface area (Å²) in [5.41, 5.74) is 11.7. The lowest BCUT2D eigenvalue weighted by atomic mass is 9.97. The molecule has 0 bridgehead atoms. The third-order valence-corrected chi connectivity index (χ3v) is 5.72. The summed E-state index contributed by atoms with van der Waals surface area (Å²) < 4.78 is 0. The van der Waals surface area contributed by atoms with Crippen LogP contribution in [0.5, 0.6) is 0 Å². The quantitative estimate of drug-likeness (QED) is 0.256. The largest absolute Gasteiger partial charge is 0.0683 e. The van der Waals surface area contributed by atoms with Crippen molar-refractivity contribution < 1.29 is 0 Å². The summed E-state index contributed by atoms with van der Waals surface area (Å²) in [6.45, 7) is 8.00. The molecule has 0 atom stereocenters. The second-order valence-electron chi connectivity index (χ2n) is 6.99. The lowest BCUT2D eigenvalue weighted by Crippen LogP contribution is -1.85. The van der Waals surface area contributed by atoms with Crippen LogP contribution in [0.15, 0.2) is 72.8 Å². The molecule has 0 radical (unpaired) electrons. The van der Waals surface area contributed by atoms with Gasteiger partial charge in [-0.25, -0.2) is 0 Å². The molecule has 0 amide bonds. The topological polar surface area (TPSA) is 0 Å². The van der Waals surface area contributed by atoms with Crippen LogP contribution < -0.4 is 0 Å². The van der Waals surface area contributed by atoms with E-state index in [1.165, 1.54) is 55.3 Å². The molecule has 4 aromatic rings. The Kier molecular flexibility index (Phi) is 5.05. The van der Waals surface area contributed by atoms with Crippen molar-refractivity contribution in [2.45, 2.75) is 40.5 Å². The molecule has 2 aliphatic rings. The average Bonchev–Trinajstić information content (AvgIpc) is 3.32. The van der Waals surface area contributed by atoms with Crippen molar-refractivity contribution in [3.63, 3.8) is 0 Å². The molecule has 28 heavy (non-hydrogen) atoms. The summed E-state index contributed by atoms with van der Waals surface area (Å²) in [6, 6.07) is 27.1. The third kappa shape index (κ3) is 2.76. The number of hydrogen-bond donors (Lipinski definition) is 0. The van der Waals surface area contributed by atoms with E-state index in [4.69, 9.17) is 0 Å². The number of hydrogen-bond acceptors (Lipinski definition) is 0. The van der Waals surface area contributed by atoms with E-state index in [-0.39, 0.29) is 0 Å². The van der Waals surface area contributed by atoms with Crippen LogP contribution >= 0.6 is 0 Å². The fourth-order valence-electron chi connectivity index (χ4n) is 4.59. The molecule has 0 heteroatoms. The molecular formula is C28H28. The zero-order chi connectivity index (χ0) is 19.7. The molecule has 0 N–H and O–H groups in total. The van der Waals surface area contributed by atoms with Gasteiger partial charge >= 0.3 is 0 Å². The molecule has 0 heterocycles. The van der Waals surface area contributed by atoms with E-state index >= 15 is 0 Å². The summed E-state index contributed by atoms with van der Waals surface area (Å²) in [5.74, 6) is 0. The SMILES string of the molecule is CC.CC.c1ccc2c(c1)Cc1cc3c(cc1-2)Cc1c-3ccc2ccccc12. The second-order valence-corrected chi connectivity index (χ2v) is 6.99. The summed E-state index contributed by atoms with van der Waals surface area (Å²) in [6.07, 6.45) is 2.13. The zero-order valence-electron chi connectivity index (χ0n) is 17.3. The van der Waals surface area contributed by atoms with Crippen molar-refractivity contribution in [3.05, 3.63) is 95.1 Å². The van der Waals surface area contributed by atoms with Gasteiger partial charge in [-0.2, -0.15) is 0 Å². The monoisotopic (exact) mass is 364 g/mol. The van der Waals surface area contributed by atoms with Gasteiger partial charge in [0.25, 0.3) is 0 Å². The summed E-state index contributed by atoms with van der Waals surface area (Å²) >= 11 is 0.